The smallest absolute Gasteiger partial charge is 0.356 e. The Morgan fingerprint density at radius 1 is 1.08 bits per heavy atom. The van der Waals surface area contributed by atoms with Crippen molar-refractivity contribution in [2.45, 2.75) is 51.0 Å². The van der Waals surface area contributed by atoms with E-state index in [4.69, 9.17) is 5.11 Å². The van der Waals surface area contributed by atoms with E-state index in [-0.39, 0.29) is 5.69 Å². The van der Waals surface area contributed by atoms with Gasteiger partial charge in [0.25, 0.3) is 0 Å². The number of piperidine rings is 1. The van der Waals surface area contributed by atoms with Crippen molar-refractivity contribution in [2.75, 3.05) is 18.0 Å². The van der Waals surface area contributed by atoms with E-state index in [1.807, 2.05) is 0 Å². The van der Waals surface area contributed by atoms with Crippen LogP contribution < -0.4 is 4.90 Å². The quantitative estimate of drug-likeness (QED) is 0.909. The number of rotatable bonds is 3. The minimum Gasteiger partial charge on any atom is -0.476 e. The highest BCUT2D eigenvalue weighted by atomic mass is 16.4. The van der Waals surface area contributed by atoms with Crippen LogP contribution in [0.25, 0.3) is 0 Å². The normalized spacial score (nSPS) is 20.8. The molecule has 8 heteroatoms. The molecular weight excluding hydrogens is 320 g/mol. The van der Waals surface area contributed by atoms with E-state index in [0.29, 0.717) is 5.92 Å². The monoisotopic (exact) mass is 342 g/mol. The molecule has 0 spiro atoms. The van der Waals surface area contributed by atoms with Crippen molar-refractivity contribution in [1.29, 1.82) is 0 Å². The van der Waals surface area contributed by atoms with Crippen LogP contribution in [0.15, 0.2) is 12.4 Å². The van der Waals surface area contributed by atoms with Gasteiger partial charge in [-0.05, 0) is 25.7 Å². The second-order valence-corrected chi connectivity index (χ2v) is 6.79. The van der Waals surface area contributed by atoms with Crippen molar-refractivity contribution in [1.82, 2.24) is 24.7 Å². The first-order chi connectivity index (χ1) is 12.2. The zero-order chi connectivity index (χ0) is 17.2. The van der Waals surface area contributed by atoms with Crippen molar-refractivity contribution in [2.24, 2.45) is 0 Å². The second kappa shape index (κ2) is 6.78. The number of hydrogen-bond donors (Lipinski definition) is 1. The lowest BCUT2D eigenvalue weighted by Crippen LogP contribution is -2.36. The van der Waals surface area contributed by atoms with Gasteiger partial charge in [0.15, 0.2) is 5.69 Å². The number of carbonyl (C=O) groups is 1. The average Bonchev–Trinajstić information content (AvgIpc) is 2.90. The maximum atomic E-state index is 10.9. The maximum Gasteiger partial charge on any atom is 0.356 e. The number of aryl methyl sites for hydroxylation is 1. The zero-order valence-corrected chi connectivity index (χ0v) is 14.1. The molecule has 4 heterocycles. The molecule has 8 nitrogen and oxygen atoms in total. The minimum absolute atomic E-state index is 0.0277. The molecule has 2 aliphatic heterocycles. The van der Waals surface area contributed by atoms with Gasteiger partial charge < -0.3 is 14.6 Å². The first kappa shape index (κ1) is 16.0. The van der Waals surface area contributed by atoms with Crippen molar-refractivity contribution in [3.63, 3.8) is 0 Å². The van der Waals surface area contributed by atoms with Crippen LogP contribution in [0.5, 0.6) is 0 Å². The Hall–Kier alpha value is -2.51. The molecule has 2 aromatic rings. The molecule has 1 fully saturated rings. The van der Waals surface area contributed by atoms with Crippen LogP contribution in [0.1, 0.15) is 60.2 Å². The Labute approximate surface area is 145 Å². The summed E-state index contributed by atoms with van der Waals surface area (Å²) in [6, 6.07) is 0. The van der Waals surface area contributed by atoms with Gasteiger partial charge in [-0.2, -0.15) is 0 Å². The van der Waals surface area contributed by atoms with Crippen LogP contribution in [-0.4, -0.2) is 48.9 Å². The van der Waals surface area contributed by atoms with Gasteiger partial charge in [-0.3, -0.25) is 0 Å². The lowest BCUT2D eigenvalue weighted by Gasteiger charge is -2.33. The van der Waals surface area contributed by atoms with E-state index in [1.165, 1.54) is 25.5 Å². The number of carboxylic acid groups (broad SMARTS) is 1. The third-order valence-electron chi connectivity index (χ3n) is 5.11. The summed E-state index contributed by atoms with van der Waals surface area (Å²) in [7, 11) is 0. The Morgan fingerprint density at radius 2 is 2.00 bits per heavy atom. The van der Waals surface area contributed by atoms with Gasteiger partial charge in [-0.1, -0.05) is 6.42 Å². The molecule has 4 rings (SSSR count). The summed E-state index contributed by atoms with van der Waals surface area (Å²) in [6.45, 7) is 2.74. The molecule has 132 valence electrons. The van der Waals surface area contributed by atoms with Gasteiger partial charge in [-0.15, -0.1) is 10.2 Å². The standard InChI is InChI=1S/C17H22N6O2/c24-17(25)13-9-19-15(10-18-13)22-7-4-5-12(11-22)16-21-20-14-6-2-1-3-8-23(14)16/h9-10,12H,1-8,11H2,(H,24,25). The lowest BCUT2D eigenvalue weighted by molar-refractivity contribution is 0.0690. The number of aromatic carboxylic acids is 1. The van der Waals surface area contributed by atoms with Gasteiger partial charge in [0.2, 0.25) is 0 Å². The van der Waals surface area contributed by atoms with E-state index in [1.54, 1.807) is 6.20 Å². The topological polar surface area (TPSA) is 97.0 Å². The van der Waals surface area contributed by atoms with Gasteiger partial charge in [-0.25, -0.2) is 14.8 Å². The molecule has 0 radical (unpaired) electrons. The van der Waals surface area contributed by atoms with Gasteiger partial charge in [0.05, 0.1) is 12.4 Å². The highest BCUT2D eigenvalue weighted by Crippen LogP contribution is 2.29. The fourth-order valence-corrected chi connectivity index (χ4v) is 3.80. The maximum absolute atomic E-state index is 10.9. The van der Waals surface area contributed by atoms with E-state index in [0.717, 1.165) is 56.4 Å². The van der Waals surface area contributed by atoms with E-state index in [9.17, 15) is 4.79 Å². The molecule has 1 saturated heterocycles. The predicted molar refractivity (Wildman–Crippen MR) is 90.8 cm³/mol. The van der Waals surface area contributed by atoms with E-state index >= 15 is 0 Å². The summed E-state index contributed by atoms with van der Waals surface area (Å²) in [5, 5.41) is 17.9. The number of fused-ring (bicyclic) bond motifs is 1. The minimum atomic E-state index is -1.05. The third-order valence-corrected chi connectivity index (χ3v) is 5.11. The second-order valence-electron chi connectivity index (χ2n) is 6.79. The average molecular weight is 342 g/mol. The lowest BCUT2D eigenvalue weighted by atomic mass is 9.97. The number of nitrogens with zero attached hydrogens (tertiary/aromatic N) is 6. The number of aromatic nitrogens is 5. The first-order valence-electron chi connectivity index (χ1n) is 8.94. The van der Waals surface area contributed by atoms with Crippen LogP contribution in [0.2, 0.25) is 0 Å². The molecule has 0 aromatic carbocycles. The van der Waals surface area contributed by atoms with Gasteiger partial charge in [0, 0.05) is 32.0 Å². The molecule has 1 N–H and O–H groups in total. The van der Waals surface area contributed by atoms with Crippen molar-refractivity contribution in [3.8, 4) is 0 Å². The zero-order valence-electron chi connectivity index (χ0n) is 14.1. The number of anilines is 1. The van der Waals surface area contributed by atoms with Gasteiger partial charge in [0.1, 0.15) is 17.5 Å². The Balaban J connectivity index is 1.53. The van der Waals surface area contributed by atoms with Gasteiger partial charge >= 0.3 is 5.97 Å². The first-order valence-corrected chi connectivity index (χ1v) is 8.94. The fourth-order valence-electron chi connectivity index (χ4n) is 3.80. The van der Waals surface area contributed by atoms with Crippen molar-refractivity contribution < 1.29 is 9.90 Å². The van der Waals surface area contributed by atoms with Crippen LogP contribution in [0, 0.1) is 0 Å². The molecular formula is C17H22N6O2. The third kappa shape index (κ3) is 3.20. The van der Waals surface area contributed by atoms with Crippen molar-refractivity contribution in [3.05, 3.63) is 29.7 Å². The van der Waals surface area contributed by atoms with Crippen LogP contribution in [0.4, 0.5) is 5.82 Å². The molecule has 1 atom stereocenters. The summed E-state index contributed by atoms with van der Waals surface area (Å²) >= 11 is 0. The summed E-state index contributed by atoms with van der Waals surface area (Å²) in [6.07, 6.45) is 9.68. The largest absolute Gasteiger partial charge is 0.476 e. The van der Waals surface area contributed by atoms with E-state index in [2.05, 4.69) is 29.6 Å². The summed E-state index contributed by atoms with van der Waals surface area (Å²) in [4.78, 5) is 21.4. The Bertz CT molecular complexity index is 757. The van der Waals surface area contributed by atoms with Crippen LogP contribution >= 0.6 is 0 Å². The molecule has 1 unspecified atom stereocenters. The van der Waals surface area contributed by atoms with Crippen molar-refractivity contribution >= 4 is 11.8 Å². The van der Waals surface area contributed by atoms with Crippen LogP contribution in [-0.2, 0) is 13.0 Å². The SMILES string of the molecule is O=C(O)c1cnc(N2CCCC(c3nnc4n3CCCCC4)C2)cn1. The highest BCUT2D eigenvalue weighted by molar-refractivity contribution is 5.84. The molecule has 2 aliphatic rings. The molecule has 0 saturated carbocycles. The highest BCUT2D eigenvalue weighted by Gasteiger charge is 2.28. The Morgan fingerprint density at radius 3 is 2.80 bits per heavy atom. The van der Waals surface area contributed by atoms with Crippen LogP contribution in [0.3, 0.4) is 0 Å². The molecule has 25 heavy (non-hydrogen) atoms. The predicted octanol–water partition coefficient (Wildman–Crippen LogP) is 1.88. The molecule has 0 bridgehead atoms. The fraction of sp³-hybridized carbons (Fsp3) is 0.588. The molecule has 2 aromatic heterocycles. The van der Waals surface area contributed by atoms with E-state index < -0.39 is 5.97 Å². The summed E-state index contributed by atoms with van der Waals surface area (Å²) in [5.74, 6) is 2.22. The summed E-state index contributed by atoms with van der Waals surface area (Å²) < 4.78 is 2.32. The number of carboxylic acids is 1. The number of hydrogen-bond acceptors (Lipinski definition) is 6. The summed E-state index contributed by atoms with van der Waals surface area (Å²) in [5.41, 5.74) is -0.0277. The molecule has 0 aliphatic carbocycles. The molecule has 0 amide bonds. The Kier molecular flexibility index (Phi) is 4.33.